The number of pyridine rings is 2. The van der Waals surface area contributed by atoms with E-state index in [-0.39, 0.29) is 24.4 Å². The lowest BCUT2D eigenvalue weighted by Gasteiger charge is -2.15. The number of anilines is 1. The van der Waals surface area contributed by atoms with Crippen LogP contribution in [0.3, 0.4) is 0 Å². The summed E-state index contributed by atoms with van der Waals surface area (Å²) in [6.45, 7) is -0.0154. The second-order valence-corrected chi connectivity index (χ2v) is 5.08. The van der Waals surface area contributed by atoms with Crippen LogP contribution in [0.5, 0.6) is 5.75 Å². The van der Waals surface area contributed by atoms with E-state index in [1.165, 1.54) is 4.57 Å². The first-order chi connectivity index (χ1) is 11.2. The first-order valence-corrected chi connectivity index (χ1v) is 7.19. The van der Waals surface area contributed by atoms with Crippen molar-refractivity contribution in [2.24, 2.45) is 0 Å². The van der Waals surface area contributed by atoms with Gasteiger partial charge in [-0.05, 0) is 29.8 Å². The number of nitrogens with zero attached hydrogens (tertiary/aromatic N) is 2. The largest absolute Gasteiger partial charge is 0.497 e. The number of benzene rings is 1. The molecule has 0 saturated carbocycles. The number of rotatable bonds is 4. The van der Waals surface area contributed by atoms with Gasteiger partial charge in [-0.2, -0.15) is 0 Å². The molecule has 0 aliphatic carbocycles. The molecule has 23 heavy (non-hydrogen) atoms. The van der Waals surface area contributed by atoms with Crippen molar-refractivity contribution in [1.82, 2.24) is 9.55 Å². The molecule has 3 aromatic rings. The Morgan fingerprint density at radius 2 is 2.13 bits per heavy atom. The van der Waals surface area contributed by atoms with E-state index < -0.39 is 0 Å². The van der Waals surface area contributed by atoms with E-state index in [4.69, 9.17) is 10.5 Å². The van der Waals surface area contributed by atoms with Crippen LogP contribution in [0.15, 0.2) is 47.4 Å². The van der Waals surface area contributed by atoms with Crippen molar-refractivity contribution < 1.29 is 9.84 Å². The number of aliphatic hydroxyl groups is 1. The number of aliphatic hydroxyl groups excluding tert-OH is 1. The van der Waals surface area contributed by atoms with Crippen LogP contribution in [0.1, 0.15) is 0 Å². The molecule has 0 saturated heterocycles. The van der Waals surface area contributed by atoms with Gasteiger partial charge in [0.25, 0.3) is 5.56 Å². The Hall–Kier alpha value is -2.86. The van der Waals surface area contributed by atoms with Gasteiger partial charge >= 0.3 is 0 Å². The van der Waals surface area contributed by atoms with E-state index in [1.807, 2.05) is 30.3 Å². The highest BCUT2D eigenvalue weighted by molar-refractivity contribution is 5.99. The fourth-order valence-corrected chi connectivity index (χ4v) is 2.70. The second kappa shape index (κ2) is 6.10. The van der Waals surface area contributed by atoms with E-state index in [0.29, 0.717) is 17.0 Å². The Morgan fingerprint density at radius 3 is 2.87 bits per heavy atom. The van der Waals surface area contributed by atoms with Crippen LogP contribution in [0, 0.1) is 0 Å². The smallest absolute Gasteiger partial charge is 0.276 e. The molecular formula is C17H17N3O3. The Kier molecular flexibility index (Phi) is 3.99. The molecule has 3 N–H and O–H groups in total. The van der Waals surface area contributed by atoms with Crippen LogP contribution in [-0.4, -0.2) is 28.4 Å². The number of nitrogen functional groups attached to an aromatic ring is 1. The molecule has 6 nitrogen and oxygen atoms in total. The summed E-state index contributed by atoms with van der Waals surface area (Å²) < 4.78 is 6.65. The van der Waals surface area contributed by atoms with Gasteiger partial charge in [0.1, 0.15) is 17.1 Å². The van der Waals surface area contributed by atoms with Crippen molar-refractivity contribution >= 4 is 16.7 Å². The lowest BCUT2D eigenvalue weighted by molar-refractivity contribution is 0.276. The predicted molar refractivity (Wildman–Crippen MR) is 89.5 cm³/mol. The third kappa shape index (κ3) is 2.53. The summed E-state index contributed by atoms with van der Waals surface area (Å²) in [4.78, 5) is 16.9. The molecule has 3 rings (SSSR count). The van der Waals surface area contributed by atoms with E-state index in [2.05, 4.69) is 4.98 Å². The minimum absolute atomic E-state index is 0.132. The molecule has 0 fully saturated rings. The lowest BCUT2D eigenvalue weighted by Crippen LogP contribution is -2.26. The third-order valence-electron chi connectivity index (χ3n) is 3.74. The van der Waals surface area contributed by atoms with Crippen LogP contribution in [0.2, 0.25) is 0 Å². The summed E-state index contributed by atoms with van der Waals surface area (Å²) in [6.07, 6.45) is 1.61. The van der Waals surface area contributed by atoms with E-state index in [9.17, 15) is 9.90 Å². The molecule has 0 bridgehead atoms. The van der Waals surface area contributed by atoms with Gasteiger partial charge in [-0.3, -0.25) is 9.36 Å². The first kappa shape index (κ1) is 15.1. The number of hydrogen-bond donors (Lipinski definition) is 2. The summed E-state index contributed by atoms with van der Waals surface area (Å²) in [5.74, 6) is 0.679. The standard InChI is InChI=1S/C17H17N3O3/c1-23-12-5-2-4-11(10-12)14-13-6-3-7-19-16(13)20(8-9-21)17(22)15(14)18/h2-7,10,21H,8-9,18H2,1H3. The maximum absolute atomic E-state index is 12.6. The lowest BCUT2D eigenvalue weighted by atomic mass is 10.0. The number of ether oxygens (including phenoxy) is 1. The SMILES string of the molecule is COc1cccc(-c2c(N)c(=O)n(CCO)c3ncccc23)c1. The number of aromatic nitrogens is 2. The van der Waals surface area contributed by atoms with E-state index in [0.717, 1.165) is 10.9 Å². The highest BCUT2D eigenvalue weighted by Crippen LogP contribution is 2.32. The van der Waals surface area contributed by atoms with Gasteiger partial charge in [-0.15, -0.1) is 0 Å². The highest BCUT2D eigenvalue weighted by Gasteiger charge is 2.16. The van der Waals surface area contributed by atoms with Crippen molar-refractivity contribution in [2.45, 2.75) is 6.54 Å². The molecule has 0 amide bonds. The highest BCUT2D eigenvalue weighted by atomic mass is 16.5. The molecule has 0 aliphatic heterocycles. The minimum atomic E-state index is -0.358. The first-order valence-electron chi connectivity index (χ1n) is 7.19. The molecule has 0 spiro atoms. The summed E-state index contributed by atoms with van der Waals surface area (Å²) >= 11 is 0. The van der Waals surface area contributed by atoms with Gasteiger partial charge in [0.05, 0.1) is 20.3 Å². The molecule has 0 aliphatic rings. The molecule has 118 valence electrons. The number of hydrogen-bond acceptors (Lipinski definition) is 5. The van der Waals surface area contributed by atoms with Gasteiger partial charge in [0.15, 0.2) is 0 Å². The normalized spacial score (nSPS) is 10.9. The second-order valence-electron chi connectivity index (χ2n) is 5.08. The molecule has 0 atom stereocenters. The number of fused-ring (bicyclic) bond motifs is 1. The van der Waals surface area contributed by atoms with Crippen molar-refractivity contribution in [3.05, 3.63) is 52.9 Å². The average Bonchev–Trinajstić information content (AvgIpc) is 2.59. The quantitative estimate of drug-likeness (QED) is 0.764. The topological polar surface area (TPSA) is 90.4 Å². The van der Waals surface area contributed by atoms with Crippen LogP contribution in [0.4, 0.5) is 5.69 Å². The summed E-state index contributed by atoms with van der Waals surface area (Å²) in [5, 5.41) is 9.96. The molecule has 2 heterocycles. The van der Waals surface area contributed by atoms with Crippen LogP contribution in [-0.2, 0) is 6.54 Å². The molecule has 6 heteroatoms. The molecule has 2 aromatic heterocycles. The zero-order valence-electron chi connectivity index (χ0n) is 12.7. The third-order valence-corrected chi connectivity index (χ3v) is 3.74. The average molecular weight is 311 g/mol. The monoisotopic (exact) mass is 311 g/mol. The van der Waals surface area contributed by atoms with Crippen LogP contribution in [0.25, 0.3) is 22.2 Å². The Labute approximate surface area is 132 Å². The van der Waals surface area contributed by atoms with E-state index in [1.54, 1.807) is 19.4 Å². The van der Waals surface area contributed by atoms with Gasteiger partial charge in [-0.1, -0.05) is 12.1 Å². The van der Waals surface area contributed by atoms with Crippen molar-refractivity contribution in [2.75, 3.05) is 19.5 Å². The molecular weight excluding hydrogens is 294 g/mol. The summed E-state index contributed by atoms with van der Waals surface area (Å²) in [5.41, 5.74) is 7.81. The van der Waals surface area contributed by atoms with Crippen molar-refractivity contribution in [3.63, 3.8) is 0 Å². The predicted octanol–water partition coefficient (Wildman–Crippen LogP) is 1.65. The Balaban J connectivity index is 2.39. The van der Waals surface area contributed by atoms with Gasteiger partial charge in [0.2, 0.25) is 0 Å². The summed E-state index contributed by atoms with van der Waals surface area (Å²) in [6, 6.07) is 11.0. The van der Waals surface area contributed by atoms with Crippen molar-refractivity contribution in [3.8, 4) is 16.9 Å². The van der Waals surface area contributed by atoms with Gasteiger partial charge in [0, 0.05) is 17.1 Å². The molecule has 0 radical (unpaired) electrons. The number of nitrogens with two attached hydrogens (primary N) is 1. The molecule has 1 aromatic carbocycles. The molecule has 0 unspecified atom stereocenters. The van der Waals surface area contributed by atoms with Crippen molar-refractivity contribution in [1.29, 1.82) is 0 Å². The zero-order chi connectivity index (χ0) is 16.4. The van der Waals surface area contributed by atoms with Gasteiger partial charge in [-0.25, -0.2) is 4.98 Å². The fraction of sp³-hybridized carbons (Fsp3) is 0.176. The van der Waals surface area contributed by atoms with Gasteiger partial charge < -0.3 is 15.6 Å². The number of methoxy groups -OCH3 is 1. The maximum Gasteiger partial charge on any atom is 0.276 e. The summed E-state index contributed by atoms with van der Waals surface area (Å²) in [7, 11) is 1.58. The van der Waals surface area contributed by atoms with E-state index >= 15 is 0 Å². The van der Waals surface area contributed by atoms with Crippen LogP contribution >= 0.6 is 0 Å². The fourth-order valence-electron chi connectivity index (χ4n) is 2.70. The maximum atomic E-state index is 12.6. The Bertz CT molecular complexity index is 919. The minimum Gasteiger partial charge on any atom is -0.497 e. The zero-order valence-corrected chi connectivity index (χ0v) is 12.7. The van der Waals surface area contributed by atoms with Crippen LogP contribution < -0.4 is 16.0 Å². The Morgan fingerprint density at radius 1 is 1.30 bits per heavy atom.